The minimum Gasteiger partial charge on any atom is -0.507 e. The van der Waals surface area contributed by atoms with E-state index in [-0.39, 0.29) is 11.3 Å². The minimum atomic E-state index is -0.842. The number of carbonyl (C=O) groups is 2. The van der Waals surface area contributed by atoms with Crippen molar-refractivity contribution in [3.8, 4) is 5.75 Å². The number of Topliss-reactive ketones (excluding diaryl/α,β-unsaturated/α-hetero) is 1. The van der Waals surface area contributed by atoms with Gasteiger partial charge in [0, 0.05) is 17.4 Å². The average molecular weight is 443 g/mol. The molecule has 0 spiro atoms. The van der Waals surface area contributed by atoms with E-state index in [0.29, 0.717) is 23.6 Å². The van der Waals surface area contributed by atoms with E-state index in [1.54, 1.807) is 54.7 Å². The maximum absolute atomic E-state index is 13.2. The predicted molar refractivity (Wildman–Crippen MR) is 127 cm³/mol. The summed E-state index contributed by atoms with van der Waals surface area (Å²) in [5.74, 6) is -0.957. The fourth-order valence-electron chi connectivity index (χ4n) is 3.95. The Morgan fingerprint density at radius 2 is 1.82 bits per heavy atom. The first-order valence-electron chi connectivity index (χ1n) is 10.9. The molecule has 1 unspecified atom stereocenters. The molecule has 4 rings (SSSR count). The van der Waals surface area contributed by atoms with Crippen LogP contribution in [0.5, 0.6) is 5.75 Å². The number of rotatable bonds is 6. The normalized spacial score (nSPS) is 17.4. The van der Waals surface area contributed by atoms with Crippen molar-refractivity contribution in [3.63, 3.8) is 0 Å². The van der Waals surface area contributed by atoms with Gasteiger partial charge in [0.1, 0.15) is 17.6 Å². The summed E-state index contributed by atoms with van der Waals surface area (Å²) in [6.07, 6.45) is 2.49. The average Bonchev–Trinajstić information content (AvgIpc) is 3.09. The summed E-state index contributed by atoms with van der Waals surface area (Å²) >= 11 is 0. The number of anilines is 1. The summed E-state index contributed by atoms with van der Waals surface area (Å²) in [6, 6.07) is 17.0. The second kappa shape index (κ2) is 9.28. The topological polar surface area (TPSA) is 79.7 Å². The molecule has 6 nitrogen and oxygen atoms in total. The van der Waals surface area contributed by atoms with Crippen LogP contribution in [0, 0.1) is 13.8 Å². The van der Waals surface area contributed by atoms with Crippen LogP contribution in [0.4, 0.5) is 5.69 Å². The van der Waals surface area contributed by atoms with E-state index in [0.717, 1.165) is 23.3 Å². The molecule has 2 heterocycles. The summed E-state index contributed by atoms with van der Waals surface area (Å²) in [5.41, 5.74) is 3.38. The van der Waals surface area contributed by atoms with Crippen LogP contribution >= 0.6 is 0 Å². The highest BCUT2D eigenvalue weighted by Gasteiger charge is 2.47. The van der Waals surface area contributed by atoms with E-state index >= 15 is 0 Å². The predicted octanol–water partition coefficient (Wildman–Crippen LogP) is 5.11. The number of aryl methyl sites for hydroxylation is 2. The third kappa shape index (κ3) is 4.24. The number of amides is 1. The van der Waals surface area contributed by atoms with Crippen LogP contribution < -0.4 is 9.64 Å². The van der Waals surface area contributed by atoms with Gasteiger partial charge in [-0.15, -0.1) is 0 Å². The summed E-state index contributed by atoms with van der Waals surface area (Å²) in [4.78, 5) is 32.1. The molecule has 6 heteroatoms. The van der Waals surface area contributed by atoms with Crippen LogP contribution in [-0.2, 0) is 9.59 Å². The van der Waals surface area contributed by atoms with Crippen LogP contribution in [0.1, 0.15) is 41.8 Å². The number of nitrogens with zero attached hydrogens (tertiary/aromatic N) is 2. The van der Waals surface area contributed by atoms with Crippen molar-refractivity contribution in [2.45, 2.75) is 33.2 Å². The van der Waals surface area contributed by atoms with Crippen LogP contribution in [0.15, 0.2) is 72.4 Å². The fourth-order valence-corrected chi connectivity index (χ4v) is 3.95. The molecular weight excluding hydrogens is 416 g/mol. The number of ether oxygens (including phenoxy) is 1. The van der Waals surface area contributed by atoms with Crippen LogP contribution in [-0.4, -0.2) is 28.4 Å². The van der Waals surface area contributed by atoms with Gasteiger partial charge in [-0.05, 0) is 68.3 Å². The lowest BCUT2D eigenvalue weighted by Crippen LogP contribution is -2.29. The van der Waals surface area contributed by atoms with Gasteiger partial charge in [-0.25, -0.2) is 0 Å². The van der Waals surface area contributed by atoms with Gasteiger partial charge >= 0.3 is 0 Å². The van der Waals surface area contributed by atoms with Gasteiger partial charge in [0.25, 0.3) is 11.7 Å². The van der Waals surface area contributed by atoms with Gasteiger partial charge in [0.2, 0.25) is 0 Å². The number of benzene rings is 2. The summed E-state index contributed by atoms with van der Waals surface area (Å²) in [5, 5.41) is 11.3. The Kier molecular flexibility index (Phi) is 6.27. The number of hydrogen-bond acceptors (Lipinski definition) is 5. The number of hydrogen-bond donors (Lipinski definition) is 1. The van der Waals surface area contributed by atoms with Crippen molar-refractivity contribution < 1.29 is 19.4 Å². The second-order valence-corrected chi connectivity index (χ2v) is 8.09. The molecule has 3 aromatic rings. The summed E-state index contributed by atoms with van der Waals surface area (Å²) in [7, 11) is 0. The van der Waals surface area contributed by atoms with E-state index < -0.39 is 17.7 Å². The van der Waals surface area contributed by atoms with Crippen molar-refractivity contribution in [2.24, 2.45) is 0 Å². The number of ketones is 1. The third-order valence-electron chi connectivity index (χ3n) is 5.63. The van der Waals surface area contributed by atoms with Crippen molar-refractivity contribution in [2.75, 3.05) is 11.5 Å². The molecule has 1 aromatic heterocycles. The Morgan fingerprint density at radius 1 is 1.06 bits per heavy atom. The maximum atomic E-state index is 13.2. The summed E-state index contributed by atoms with van der Waals surface area (Å²) < 4.78 is 5.72. The zero-order valence-electron chi connectivity index (χ0n) is 18.9. The van der Waals surface area contributed by atoms with E-state index in [9.17, 15) is 14.7 Å². The summed E-state index contributed by atoms with van der Waals surface area (Å²) in [6.45, 7) is 6.45. The Labute approximate surface area is 193 Å². The zero-order valence-corrected chi connectivity index (χ0v) is 18.9. The molecule has 1 saturated heterocycles. The van der Waals surface area contributed by atoms with Gasteiger partial charge in [-0.1, -0.05) is 30.7 Å². The zero-order chi connectivity index (χ0) is 23.5. The van der Waals surface area contributed by atoms with Crippen molar-refractivity contribution in [3.05, 3.63) is 94.8 Å². The first-order chi connectivity index (χ1) is 15.9. The first kappa shape index (κ1) is 22.3. The van der Waals surface area contributed by atoms with Gasteiger partial charge in [-0.2, -0.15) is 0 Å². The molecule has 1 fully saturated rings. The van der Waals surface area contributed by atoms with Crippen molar-refractivity contribution in [1.82, 2.24) is 4.98 Å². The molecule has 0 bridgehead atoms. The molecule has 33 heavy (non-hydrogen) atoms. The molecule has 1 aliphatic rings. The lowest BCUT2D eigenvalue weighted by atomic mass is 9.97. The number of aliphatic hydroxyl groups is 1. The van der Waals surface area contributed by atoms with E-state index in [2.05, 4.69) is 4.98 Å². The Bertz CT molecular complexity index is 1220. The lowest BCUT2D eigenvalue weighted by Gasteiger charge is -2.24. The molecule has 0 aliphatic carbocycles. The Balaban J connectivity index is 1.85. The molecule has 0 radical (unpaired) electrons. The number of aliphatic hydroxyl groups excluding tert-OH is 1. The Hall–Kier alpha value is -3.93. The molecular formula is C27H26N2O4. The minimum absolute atomic E-state index is 0.0147. The molecule has 1 aliphatic heterocycles. The van der Waals surface area contributed by atoms with Crippen LogP contribution in [0.25, 0.3) is 5.76 Å². The molecule has 1 N–H and O–H groups in total. The van der Waals surface area contributed by atoms with Crippen LogP contribution in [0.3, 0.4) is 0 Å². The van der Waals surface area contributed by atoms with Gasteiger partial charge in [0.15, 0.2) is 0 Å². The van der Waals surface area contributed by atoms with E-state index in [4.69, 9.17) is 4.74 Å². The monoisotopic (exact) mass is 442 g/mol. The van der Waals surface area contributed by atoms with E-state index in [1.807, 2.05) is 32.9 Å². The third-order valence-corrected chi connectivity index (χ3v) is 5.63. The van der Waals surface area contributed by atoms with Gasteiger partial charge < -0.3 is 9.84 Å². The highest BCUT2D eigenvalue weighted by Crippen LogP contribution is 2.41. The largest absolute Gasteiger partial charge is 0.507 e. The van der Waals surface area contributed by atoms with Gasteiger partial charge in [0.05, 0.1) is 17.9 Å². The standard InChI is InChI=1S/C27H26N2O4/c1-4-15-33-22-13-10-19(16-18(22)3)25(30)23-24(21-7-5-6-14-28-21)29(27(32)26(23)31)20-11-8-17(2)9-12-20/h5-14,16,24,30H,4,15H2,1-3H3/b25-23-. The molecule has 0 saturated carbocycles. The number of pyridine rings is 1. The smallest absolute Gasteiger partial charge is 0.300 e. The quantitative estimate of drug-likeness (QED) is 0.326. The number of carbonyl (C=O) groups excluding carboxylic acids is 2. The van der Waals surface area contributed by atoms with E-state index in [1.165, 1.54) is 4.90 Å². The molecule has 1 atom stereocenters. The van der Waals surface area contributed by atoms with Gasteiger partial charge in [-0.3, -0.25) is 19.5 Å². The van der Waals surface area contributed by atoms with Crippen molar-refractivity contribution >= 4 is 23.1 Å². The molecule has 168 valence electrons. The molecule has 2 aromatic carbocycles. The Morgan fingerprint density at radius 3 is 2.45 bits per heavy atom. The van der Waals surface area contributed by atoms with Crippen molar-refractivity contribution in [1.29, 1.82) is 0 Å². The lowest BCUT2D eigenvalue weighted by molar-refractivity contribution is -0.132. The maximum Gasteiger partial charge on any atom is 0.300 e. The fraction of sp³-hybridized carbons (Fsp3) is 0.222. The highest BCUT2D eigenvalue weighted by molar-refractivity contribution is 6.51. The number of aromatic nitrogens is 1. The SMILES string of the molecule is CCCOc1ccc(/C(O)=C2/C(=O)C(=O)N(c3ccc(C)cc3)C2c2ccccn2)cc1C. The molecule has 1 amide bonds. The van der Waals surface area contributed by atoms with Crippen LogP contribution in [0.2, 0.25) is 0 Å². The second-order valence-electron chi connectivity index (χ2n) is 8.09. The first-order valence-corrected chi connectivity index (χ1v) is 10.9. The highest BCUT2D eigenvalue weighted by atomic mass is 16.5.